The zero-order valence-electron chi connectivity index (χ0n) is 3.57. The molecule has 0 saturated carbocycles. The van der Waals surface area contributed by atoms with E-state index in [0.717, 1.165) is 5.70 Å². The van der Waals surface area contributed by atoms with Crippen molar-refractivity contribution in [2.45, 2.75) is 0 Å². The van der Waals surface area contributed by atoms with Crippen LogP contribution in [0.1, 0.15) is 0 Å². The minimum absolute atomic E-state index is 0.280. The fourth-order valence-corrected chi connectivity index (χ4v) is 5.43. The van der Waals surface area contributed by atoms with Crippen LogP contribution >= 0.6 is 41.5 Å². The summed E-state index contributed by atoms with van der Waals surface area (Å²) in [7, 11) is 0. The van der Waals surface area contributed by atoms with Crippen LogP contribution in [0.25, 0.3) is 0 Å². The van der Waals surface area contributed by atoms with Gasteiger partial charge in [-0.1, -0.05) is 41.5 Å². The molecule has 1 heterocycles. The van der Waals surface area contributed by atoms with Gasteiger partial charge < -0.3 is 5.73 Å². The van der Waals surface area contributed by atoms with Crippen molar-refractivity contribution >= 4 is 47.5 Å². The molecule has 0 fully saturated rings. The summed E-state index contributed by atoms with van der Waals surface area (Å²) in [5, 5.41) is 0. The zero-order chi connectivity index (χ0) is 5.11. The minimum Gasteiger partial charge on any atom is -0.398 e. The lowest BCUT2D eigenvalue weighted by Crippen LogP contribution is -1.95. The molecule has 2 N–H and O–H groups in total. The van der Waals surface area contributed by atoms with Gasteiger partial charge in [0.1, 0.15) is 0 Å². The van der Waals surface area contributed by atoms with E-state index in [1.807, 2.05) is 0 Å². The molecule has 0 spiro atoms. The number of hydrogen-bond donors (Lipinski definition) is 1. The van der Waals surface area contributed by atoms with E-state index in [9.17, 15) is 0 Å². The maximum atomic E-state index is 5.48. The van der Waals surface area contributed by atoms with Gasteiger partial charge in [0, 0.05) is 7.72 Å². The van der Waals surface area contributed by atoms with E-state index in [1.165, 1.54) is 0 Å². The summed E-state index contributed by atoms with van der Waals surface area (Å²) in [6.07, 6.45) is 0. The normalized spacial score (nSPS) is 19.1. The predicted molar refractivity (Wildman–Crippen MR) is 52.4 cm³/mol. The van der Waals surface area contributed by atoms with Crippen LogP contribution in [0.3, 0.4) is 0 Å². The van der Waals surface area contributed by atoms with Crippen LogP contribution in [-0.4, -0.2) is 6.03 Å². The number of allylic oxidation sites excluding steroid dienone is 1. The Hall–Kier alpha value is 0.740. The van der Waals surface area contributed by atoms with E-state index < -0.39 is 0 Å². The van der Waals surface area contributed by atoms with E-state index >= 15 is 0 Å². The molecule has 0 unspecified atom stereocenters. The summed E-state index contributed by atoms with van der Waals surface area (Å²) in [5.41, 5.74) is 6.51. The van der Waals surface area contributed by atoms with Crippen LogP contribution in [0.5, 0.6) is 0 Å². The molecule has 0 aliphatic carbocycles. The van der Waals surface area contributed by atoms with Crippen molar-refractivity contribution in [2.75, 3.05) is 0 Å². The molecule has 1 aliphatic heterocycles. The Morgan fingerprint density at radius 1 is 1.43 bits per heavy atom. The van der Waals surface area contributed by atoms with Gasteiger partial charge in [-0.2, -0.15) is 0 Å². The third kappa shape index (κ3) is 1.98. The summed E-state index contributed by atoms with van der Waals surface area (Å²) in [4.78, 5) is 0. The molecule has 0 radical (unpaired) electrons. The maximum absolute atomic E-state index is 5.48. The van der Waals surface area contributed by atoms with E-state index in [1.54, 1.807) is 0 Å². The number of nitrogens with two attached hydrogens (primary N) is 1. The average molecular weight is 321 g/mol. The second-order valence-corrected chi connectivity index (χ2v) is 7.37. The van der Waals surface area contributed by atoms with Crippen molar-refractivity contribution in [3.05, 3.63) is 9.78 Å². The van der Waals surface area contributed by atoms with Crippen LogP contribution in [0.15, 0.2) is 9.78 Å². The minimum atomic E-state index is 0.280. The van der Waals surface area contributed by atoms with Gasteiger partial charge in [-0.25, -0.2) is 0 Å². The highest BCUT2D eigenvalue weighted by Gasteiger charge is 1.80. The van der Waals surface area contributed by atoms with Crippen molar-refractivity contribution in [3.63, 3.8) is 0 Å². The summed E-state index contributed by atoms with van der Waals surface area (Å²) in [6, 6.07) is 0. The molecule has 0 aromatic rings. The van der Waals surface area contributed by atoms with Gasteiger partial charge in [-0.3, -0.25) is 0 Å². The highest BCUT2D eigenvalue weighted by Crippen LogP contribution is 2.10. The van der Waals surface area contributed by atoms with Crippen LogP contribution in [0.2, 0.25) is 0 Å². The van der Waals surface area contributed by atoms with Crippen molar-refractivity contribution in [1.29, 1.82) is 0 Å². The highest BCUT2D eigenvalue weighted by atomic mass is 127. The molecule has 1 nitrogen and oxygen atoms in total. The lowest BCUT2D eigenvalue weighted by Gasteiger charge is -1.88. The largest absolute Gasteiger partial charge is 0.398 e. The average Bonchev–Trinajstić information content (AvgIpc) is 1.69. The Morgan fingerprint density at radius 2 is 2.29 bits per heavy atom. The van der Waals surface area contributed by atoms with E-state index in [4.69, 9.17) is 5.73 Å². The van der Waals surface area contributed by atoms with Crippen molar-refractivity contribution in [2.24, 2.45) is 5.73 Å². The SMILES string of the molecule is NC1=CI=CI=C1. The van der Waals surface area contributed by atoms with Crippen molar-refractivity contribution in [1.82, 2.24) is 0 Å². The van der Waals surface area contributed by atoms with Gasteiger partial charge in [0.25, 0.3) is 0 Å². The standard InChI is InChI=1S/C4H5I2N/c7-4-1-5-3-6-2-4/h1-3H,7H2. The second kappa shape index (κ2) is 2.91. The summed E-state index contributed by atoms with van der Waals surface area (Å²) >= 11 is 0.560. The lowest BCUT2D eigenvalue weighted by molar-refractivity contribution is 1.55. The Balaban J connectivity index is 2.82. The number of halogens is 2. The zero-order valence-corrected chi connectivity index (χ0v) is 7.88. The number of rotatable bonds is 0. The molecule has 3 heteroatoms. The summed E-state index contributed by atoms with van der Waals surface area (Å²) < 4.78 is 6.72. The van der Waals surface area contributed by atoms with E-state index in [2.05, 4.69) is 10.1 Å². The molecule has 0 aromatic carbocycles. The lowest BCUT2D eigenvalue weighted by atomic mass is 10.6. The van der Waals surface area contributed by atoms with Crippen molar-refractivity contribution < 1.29 is 0 Å². The smallest absolute Gasteiger partial charge is 0.0429 e. The first-order valence-corrected chi connectivity index (χ1v) is 6.72. The van der Waals surface area contributed by atoms with Crippen LogP contribution < -0.4 is 5.73 Å². The topological polar surface area (TPSA) is 26.0 Å². The molecular weight excluding hydrogens is 316 g/mol. The molecule has 40 valence electrons. The Kier molecular flexibility index (Phi) is 2.44. The molecular formula is C4H5I2N. The van der Waals surface area contributed by atoms with E-state index in [0.29, 0.717) is 0 Å². The molecule has 0 saturated heterocycles. The van der Waals surface area contributed by atoms with Gasteiger partial charge in [-0.15, -0.1) is 0 Å². The highest BCUT2D eigenvalue weighted by molar-refractivity contribution is 14.3. The Labute approximate surface area is 62.5 Å². The monoisotopic (exact) mass is 321 g/mol. The van der Waals surface area contributed by atoms with Gasteiger partial charge in [0.05, 0.1) is 0 Å². The van der Waals surface area contributed by atoms with Gasteiger partial charge in [0.15, 0.2) is 0 Å². The fraction of sp³-hybridized carbons (Fsp3) is 0. The molecule has 0 aromatic heterocycles. The molecule has 0 bridgehead atoms. The van der Waals surface area contributed by atoms with Crippen LogP contribution in [-0.2, 0) is 0 Å². The quantitative estimate of drug-likeness (QED) is 0.669. The van der Waals surface area contributed by atoms with Gasteiger partial charge in [-0.05, 0) is 8.09 Å². The first kappa shape index (κ1) is 5.87. The molecule has 7 heavy (non-hydrogen) atoms. The number of hydrogen-bond acceptors (Lipinski definition) is 1. The predicted octanol–water partition coefficient (Wildman–Crippen LogP) is 1.30. The fourth-order valence-electron chi connectivity index (χ4n) is 0.244. The molecule has 0 atom stereocenters. The maximum Gasteiger partial charge on any atom is 0.0429 e. The van der Waals surface area contributed by atoms with Crippen LogP contribution in [0.4, 0.5) is 0 Å². The van der Waals surface area contributed by atoms with Gasteiger partial charge >= 0.3 is 0 Å². The third-order valence-corrected chi connectivity index (χ3v) is 6.82. The molecule has 1 rings (SSSR count). The summed E-state index contributed by atoms with van der Waals surface area (Å²) in [6.45, 7) is 0. The molecule has 0 amide bonds. The Morgan fingerprint density at radius 3 is 2.57 bits per heavy atom. The van der Waals surface area contributed by atoms with Crippen molar-refractivity contribution in [3.8, 4) is 0 Å². The summed E-state index contributed by atoms with van der Waals surface area (Å²) in [5.74, 6) is 0. The second-order valence-electron chi connectivity index (χ2n) is 1.05. The van der Waals surface area contributed by atoms with Gasteiger partial charge in [0.2, 0.25) is 0 Å². The third-order valence-electron chi connectivity index (χ3n) is 0.473. The van der Waals surface area contributed by atoms with Crippen LogP contribution in [0, 0.1) is 0 Å². The first-order valence-electron chi connectivity index (χ1n) is 1.74. The first-order chi connectivity index (χ1) is 3.39. The molecule has 1 aliphatic rings. The Bertz CT molecular complexity index is 146. The van der Waals surface area contributed by atoms with E-state index in [-0.39, 0.29) is 41.5 Å².